The number of aromatic nitrogens is 3. The number of rotatable bonds is 10. The quantitative estimate of drug-likeness (QED) is 0.241. The molecule has 12 nitrogen and oxygen atoms in total. The second kappa shape index (κ2) is 12.9. The van der Waals surface area contributed by atoms with Gasteiger partial charge in [-0.2, -0.15) is 0 Å². The molecule has 13 heteroatoms. The van der Waals surface area contributed by atoms with Gasteiger partial charge in [-0.3, -0.25) is 14.9 Å². The van der Waals surface area contributed by atoms with Gasteiger partial charge in [0.2, 0.25) is 5.91 Å². The molecule has 2 aromatic carbocycles. The molecular weight excluding hydrogens is 535 g/mol. The molecule has 2 aliphatic heterocycles. The van der Waals surface area contributed by atoms with E-state index in [1.165, 1.54) is 6.07 Å². The molecule has 1 aromatic heterocycles. The van der Waals surface area contributed by atoms with Crippen molar-refractivity contribution >= 4 is 34.8 Å². The second-order valence-corrected chi connectivity index (χ2v) is 9.92. The van der Waals surface area contributed by atoms with Gasteiger partial charge in [0.1, 0.15) is 5.82 Å². The molecule has 3 heterocycles. The first-order valence-corrected chi connectivity index (χ1v) is 13.5. The van der Waals surface area contributed by atoms with E-state index in [4.69, 9.17) is 9.47 Å². The van der Waals surface area contributed by atoms with Crippen LogP contribution in [-0.4, -0.2) is 63.9 Å². The Labute approximate surface area is 235 Å². The summed E-state index contributed by atoms with van der Waals surface area (Å²) >= 11 is 0. The smallest absolute Gasteiger partial charge is 0.409 e. The van der Waals surface area contributed by atoms with Gasteiger partial charge in [-0.25, -0.2) is 13.9 Å². The highest BCUT2D eigenvalue weighted by atomic mass is 19.1. The molecule has 5 rings (SSSR count). The summed E-state index contributed by atoms with van der Waals surface area (Å²) in [6.45, 7) is 2.19. The number of amides is 2. The van der Waals surface area contributed by atoms with Crippen LogP contribution in [-0.2, 0) is 20.9 Å². The van der Waals surface area contributed by atoms with E-state index in [2.05, 4.69) is 20.9 Å². The maximum atomic E-state index is 14.9. The minimum Gasteiger partial charge on any atom is -0.465 e. The van der Waals surface area contributed by atoms with Crippen molar-refractivity contribution in [2.45, 2.75) is 51.4 Å². The average Bonchev–Trinajstić information content (AvgIpc) is 3.66. The molecule has 0 spiro atoms. The summed E-state index contributed by atoms with van der Waals surface area (Å²) in [6, 6.07) is 9.00. The van der Waals surface area contributed by atoms with Gasteiger partial charge in [-0.05, 0) is 50.3 Å². The van der Waals surface area contributed by atoms with Crippen molar-refractivity contribution < 1.29 is 33.4 Å². The third-order valence-corrected chi connectivity index (χ3v) is 6.96. The minimum atomic E-state index is -1.36. The molecule has 0 saturated carbocycles. The van der Waals surface area contributed by atoms with Gasteiger partial charge >= 0.3 is 6.09 Å². The average molecular weight is 567 g/mol. The Morgan fingerprint density at radius 1 is 1.07 bits per heavy atom. The Kier molecular flexibility index (Phi) is 8.85. The highest BCUT2D eigenvalue weighted by Gasteiger charge is 2.22. The van der Waals surface area contributed by atoms with Crippen molar-refractivity contribution in [2.75, 3.05) is 35.2 Å². The van der Waals surface area contributed by atoms with Gasteiger partial charge in [0.15, 0.2) is 12.1 Å². The number of ketones is 1. The van der Waals surface area contributed by atoms with Crippen LogP contribution in [0.5, 0.6) is 0 Å². The summed E-state index contributed by atoms with van der Waals surface area (Å²) in [7, 11) is 0. The standard InChI is InChI=1S/C28H31FN6O6/c29-21-13-22(23(32-28(38)39)14-24(21)34-9-2-3-10-34)31-26(37)15-25(36)18-6-5-7-19(12-18)35-20(16-30-33-35)17-41-27-8-1-4-11-40-27/h5-7,12-14,16,27,32H,1-4,8-11,15,17H2,(H,31,37)(H,38,39). The number of hydrogen-bond acceptors (Lipinski definition) is 8. The molecule has 2 saturated heterocycles. The Morgan fingerprint density at radius 2 is 1.88 bits per heavy atom. The van der Waals surface area contributed by atoms with Gasteiger partial charge in [0, 0.05) is 31.3 Å². The zero-order chi connectivity index (χ0) is 28.8. The van der Waals surface area contributed by atoms with Gasteiger partial charge in [0.05, 0.1) is 47.7 Å². The fourth-order valence-corrected chi connectivity index (χ4v) is 4.93. The molecule has 0 radical (unpaired) electrons. The van der Waals surface area contributed by atoms with Crippen LogP contribution in [0.3, 0.4) is 0 Å². The number of carboxylic acid groups (broad SMARTS) is 1. The van der Waals surface area contributed by atoms with Crippen molar-refractivity contribution in [3.05, 3.63) is 59.7 Å². The summed E-state index contributed by atoms with van der Waals surface area (Å²) in [5, 5.41) is 22.0. The van der Waals surface area contributed by atoms with E-state index >= 15 is 0 Å². The third kappa shape index (κ3) is 7.05. The van der Waals surface area contributed by atoms with Crippen molar-refractivity contribution in [1.82, 2.24) is 15.0 Å². The number of hydrogen-bond donors (Lipinski definition) is 3. The Morgan fingerprint density at radius 3 is 2.63 bits per heavy atom. The van der Waals surface area contributed by atoms with E-state index in [-0.39, 0.29) is 35.5 Å². The van der Waals surface area contributed by atoms with Crippen LogP contribution < -0.4 is 15.5 Å². The summed E-state index contributed by atoms with van der Waals surface area (Å²) in [4.78, 5) is 39.0. The topological polar surface area (TPSA) is 148 Å². The predicted octanol–water partition coefficient (Wildman–Crippen LogP) is 4.35. The highest BCUT2D eigenvalue weighted by Crippen LogP contribution is 2.33. The van der Waals surface area contributed by atoms with Crippen molar-refractivity contribution in [2.24, 2.45) is 0 Å². The molecule has 0 aliphatic carbocycles. The van der Waals surface area contributed by atoms with Crippen LogP contribution in [0, 0.1) is 5.82 Å². The molecule has 1 atom stereocenters. The predicted molar refractivity (Wildman–Crippen MR) is 147 cm³/mol. The first-order chi connectivity index (χ1) is 19.9. The molecule has 1 unspecified atom stereocenters. The number of nitrogens with one attached hydrogen (secondary N) is 2. The normalized spacial score (nSPS) is 16.9. The molecule has 3 N–H and O–H groups in total. The van der Waals surface area contributed by atoms with Crippen LogP contribution in [0.25, 0.3) is 5.69 Å². The van der Waals surface area contributed by atoms with Crippen LogP contribution in [0.1, 0.15) is 54.6 Å². The zero-order valence-electron chi connectivity index (χ0n) is 22.3. The lowest BCUT2D eigenvalue weighted by Gasteiger charge is -2.22. The van der Waals surface area contributed by atoms with Crippen LogP contribution >= 0.6 is 0 Å². The molecule has 0 bridgehead atoms. The van der Waals surface area contributed by atoms with Crippen molar-refractivity contribution in [3.63, 3.8) is 0 Å². The van der Waals surface area contributed by atoms with E-state index in [1.54, 1.807) is 35.1 Å². The largest absolute Gasteiger partial charge is 0.465 e. The lowest BCUT2D eigenvalue weighted by Crippen LogP contribution is -2.22. The Hall–Kier alpha value is -4.36. The SMILES string of the molecule is O=C(O)Nc1cc(N2CCCC2)c(F)cc1NC(=O)CC(=O)c1cccc(-n2nncc2COC2CCCCO2)c1. The van der Waals surface area contributed by atoms with Gasteiger partial charge < -0.3 is 24.8 Å². The van der Waals surface area contributed by atoms with Crippen LogP contribution in [0.4, 0.5) is 26.2 Å². The fourth-order valence-electron chi connectivity index (χ4n) is 4.93. The number of carbonyl (C=O) groups is 3. The lowest BCUT2D eigenvalue weighted by atomic mass is 10.1. The van der Waals surface area contributed by atoms with E-state index < -0.39 is 30.0 Å². The van der Waals surface area contributed by atoms with E-state index in [9.17, 15) is 23.9 Å². The number of nitrogens with zero attached hydrogens (tertiary/aromatic N) is 4. The van der Waals surface area contributed by atoms with Crippen LogP contribution in [0.15, 0.2) is 42.6 Å². The number of carbonyl (C=O) groups excluding carboxylic acids is 2. The molecular formula is C28H31FN6O6. The number of benzene rings is 2. The van der Waals surface area contributed by atoms with Crippen LogP contribution in [0.2, 0.25) is 0 Å². The molecule has 2 fully saturated rings. The van der Waals surface area contributed by atoms with Gasteiger partial charge in [-0.15, -0.1) is 5.10 Å². The summed E-state index contributed by atoms with van der Waals surface area (Å²) in [5.41, 5.74) is 1.68. The molecule has 2 amide bonds. The van der Waals surface area contributed by atoms with Gasteiger partial charge in [0.25, 0.3) is 0 Å². The minimum absolute atomic E-state index is 0.0168. The highest BCUT2D eigenvalue weighted by molar-refractivity contribution is 6.12. The first kappa shape index (κ1) is 28.2. The van der Waals surface area contributed by atoms with Gasteiger partial charge in [-0.1, -0.05) is 17.3 Å². The Balaban J connectivity index is 1.26. The van der Waals surface area contributed by atoms with Crippen molar-refractivity contribution in [3.8, 4) is 5.69 Å². The summed E-state index contributed by atoms with van der Waals surface area (Å²) in [5.74, 6) is -1.80. The first-order valence-electron chi connectivity index (χ1n) is 13.5. The number of ether oxygens (including phenoxy) is 2. The van der Waals surface area contributed by atoms with E-state index in [0.717, 1.165) is 38.2 Å². The lowest BCUT2D eigenvalue weighted by molar-refractivity contribution is -0.169. The van der Waals surface area contributed by atoms with E-state index in [1.807, 2.05) is 4.90 Å². The molecule has 2 aliphatic rings. The zero-order valence-corrected chi connectivity index (χ0v) is 22.3. The second-order valence-electron chi connectivity index (χ2n) is 9.92. The third-order valence-electron chi connectivity index (χ3n) is 6.96. The Bertz CT molecular complexity index is 1420. The van der Waals surface area contributed by atoms with Crippen molar-refractivity contribution in [1.29, 1.82) is 0 Å². The maximum absolute atomic E-state index is 14.9. The van der Waals surface area contributed by atoms with E-state index in [0.29, 0.717) is 31.1 Å². The number of anilines is 3. The molecule has 41 heavy (non-hydrogen) atoms. The molecule has 216 valence electrons. The summed E-state index contributed by atoms with van der Waals surface area (Å²) in [6.07, 6.45) is 4.06. The fraction of sp³-hybridized carbons (Fsp3) is 0.393. The number of Topliss-reactive ketones (excluding diaryl/α,β-unsaturated/α-hetero) is 1. The number of halogens is 1. The summed E-state index contributed by atoms with van der Waals surface area (Å²) < 4.78 is 27.9. The maximum Gasteiger partial charge on any atom is 0.409 e. The molecule has 3 aromatic rings. The monoisotopic (exact) mass is 566 g/mol.